The number of fused-ring (bicyclic) bond motifs is 4. The van der Waals surface area contributed by atoms with E-state index >= 15 is 0 Å². The van der Waals surface area contributed by atoms with Crippen LogP contribution < -0.4 is 15.2 Å². The van der Waals surface area contributed by atoms with Crippen molar-refractivity contribution >= 4 is 16.7 Å². The largest absolute Gasteiger partial charge is 0.461 e. The molecule has 0 spiro atoms. The highest BCUT2D eigenvalue weighted by Crippen LogP contribution is 2.41. The Hall–Kier alpha value is -2.15. The third-order valence-corrected chi connectivity index (χ3v) is 7.98. The second kappa shape index (κ2) is 6.94. The number of pyridine rings is 1. The van der Waals surface area contributed by atoms with Gasteiger partial charge in [-0.1, -0.05) is 0 Å². The van der Waals surface area contributed by atoms with Crippen molar-refractivity contribution in [1.82, 2.24) is 19.9 Å². The molecular weight excluding hydrogens is 378 g/mol. The molecule has 4 fully saturated rings. The Morgan fingerprint density at radius 1 is 1.17 bits per heavy atom. The molecule has 30 heavy (non-hydrogen) atoms. The Kier molecular flexibility index (Phi) is 4.30. The van der Waals surface area contributed by atoms with Crippen molar-refractivity contribution in [3.05, 3.63) is 22.1 Å². The number of nitrogens with zero attached hydrogens (tertiary/aromatic N) is 4. The van der Waals surface area contributed by atoms with Crippen LogP contribution in [0.15, 0.2) is 10.9 Å². The highest BCUT2D eigenvalue weighted by molar-refractivity contribution is 5.89. The van der Waals surface area contributed by atoms with Gasteiger partial charge in [-0.25, -0.2) is 0 Å². The molecule has 4 aliphatic rings. The third-order valence-electron chi connectivity index (χ3n) is 7.98. The zero-order chi connectivity index (χ0) is 20.3. The average molecular weight is 410 g/mol. The molecule has 0 aromatic carbocycles. The standard InChI is InChI=1S/C23H31N5O2/c1-15-10-18-19(21(29)24-15)25-22(30-14-23-6-2-8-28(23)9-3-7-23)26-20(18)27-12-16-4-5-17(11-16)13-27/h10,16-17H,2-9,11-14H2,1H3,(H,24,29). The summed E-state index contributed by atoms with van der Waals surface area (Å²) in [5.41, 5.74) is 1.28. The van der Waals surface area contributed by atoms with E-state index in [4.69, 9.17) is 9.72 Å². The summed E-state index contributed by atoms with van der Waals surface area (Å²) in [7, 11) is 0. The smallest absolute Gasteiger partial charge is 0.319 e. The first-order chi connectivity index (χ1) is 14.6. The van der Waals surface area contributed by atoms with E-state index in [1.54, 1.807) is 0 Å². The maximum absolute atomic E-state index is 12.7. The number of hydrogen-bond acceptors (Lipinski definition) is 6. The van der Waals surface area contributed by atoms with Crippen LogP contribution in [0, 0.1) is 18.8 Å². The minimum Gasteiger partial charge on any atom is -0.461 e. The van der Waals surface area contributed by atoms with Crippen molar-refractivity contribution in [2.45, 2.75) is 57.4 Å². The van der Waals surface area contributed by atoms with Crippen LogP contribution in [0.5, 0.6) is 6.01 Å². The van der Waals surface area contributed by atoms with Crippen LogP contribution in [0.2, 0.25) is 0 Å². The number of aromatic nitrogens is 3. The van der Waals surface area contributed by atoms with E-state index in [2.05, 4.69) is 19.8 Å². The molecule has 2 aromatic rings. The van der Waals surface area contributed by atoms with Gasteiger partial charge in [-0.05, 0) is 82.9 Å². The zero-order valence-corrected chi connectivity index (χ0v) is 17.8. The third kappa shape index (κ3) is 3.01. The monoisotopic (exact) mass is 409 g/mol. The number of nitrogens with one attached hydrogen (secondary N) is 1. The fraction of sp³-hybridized carbons (Fsp3) is 0.696. The van der Waals surface area contributed by atoms with Crippen molar-refractivity contribution in [3.8, 4) is 6.01 Å². The summed E-state index contributed by atoms with van der Waals surface area (Å²) in [5.74, 6) is 2.37. The molecule has 2 bridgehead atoms. The van der Waals surface area contributed by atoms with Gasteiger partial charge in [0.15, 0.2) is 0 Å². The van der Waals surface area contributed by atoms with E-state index in [0.717, 1.165) is 41.8 Å². The van der Waals surface area contributed by atoms with E-state index in [-0.39, 0.29) is 11.1 Å². The lowest BCUT2D eigenvalue weighted by Gasteiger charge is -2.34. The summed E-state index contributed by atoms with van der Waals surface area (Å²) in [6, 6.07) is 2.37. The van der Waals surface area contributed by atoms with E-state index in [0.29, 0.717) is 18.1 Å². The number of hydrogen-bond donors (Lipinski definition) is 1. The molecule has 3 saturated heterocycles. The summed E-state index contributed by atoms with van der Waals surface area (Å²) in [6.07, 6.45) is 8.80. The molecule has 6 rings (SSSR count). The Bertz CT molecular complexity index is 1010. The molecule has 2 atom stereocenters. The van der Waals surface area contributed by atoms with Crippen molar-refractivity contribution in [1.29, 1.82) is 0 Å². The van der Waals surface area contributed by atoms with Gasteiger partial charge in [0, 0.05) is 18.8 Å². The Morgan fingerprint density at radius 3 is 2.63 bits per heavy atom. The van der Waals surface area contributed by atoms with E-state index in [1.165, 1.54) is 58.0 Å². The predicted molar refractivity (Wildman–Crippen MR) is 116 cm³/mol. The van der Waals surface area contributed by atoms with Crippen LogP contribution in [-0.2, 0) is 0 Å². The molecule has 7 heteroatoms. The van der Waals surface area contributed by atoms with Crippen LogP contribution in [0.25, 0.3) is 10.9 Å². The number of H-pyrrole nitrogens is 1. The van der Waals surface area contributed by atoms with Gasteiger partial charge in [-0.3, -0.25) is 9.69 Å². The number of aryl methyl sites for hydroxylation is 1. The van der Waals surface area contributed by atoms with Crippen molar-refractivity contribution in [2.75, 3.05) is 37.7 Å². The van der Waals surface area contributed by atoms with Crippen molar-refractivity contribution in [3.63, 3.8) is 0 Å². The van der Waals surface area contributed by atoms with Crippen LogP contribution in [-0.4, -0.2) is 58.2 Å². The number of aromatic amines is 1. The molecule has 5 heterocycles. The summed E-state index contributed by atoms with van der Waals surface area (Å²) in [4.78, 5) is 30.1. The molecule has 3 aliphatic heterocycles. The SMILES string of the molecule is Cc1cc2c(N3CC4CCC(C4)C3)nc(OCC34CCCN3CCC4)nc2c(=O)[nH]1. The zero-order valence-electron chi connectivity index (χ0n) is 17.8. The molecule has 0 amide bonds. The van der Waals surface area contributed by atoms with Crippen molar-refractivity contribution < 1.29 is 4.74 Å². The maximum Gasteiger partial charge on any atom is 0.319 e. The van der Waals surface area contributed by atoms with Crippen molar-refractivity contribution in [2.24, 2.45) is 11.8 Å². The minimum absolute atomic E-state index is 0.141. The van der Waals surface area contributed by atoms with Gasteiger partial charge in [-0.15, -0.1) is 0 Å². The first kappa shape index (κ1) is 18.6. The fourth-order valence-corrected chi connectivity index (χ4v) is 6.58. The molecule has 7 nitrogen and oxygen atoms in total. The molecule has 1 N–H and O–H groups in total. The number of rotatable bonds is 4. The second-order valence-electron chi connectivity index (χ2n) is 10.0. The first-order valence-corrected chi connectivity index (χ1v) is 11.6. The minimum atomic E-state index is -0.153. The lowest BCUT2D eigenvalue weighted by Crippen LogP contribution is -2.43. The van der Waals surface area contributed by atoms with Crippen LogP contribution >= 0.6 is 0 Å². The van der Waals surface area contributed by atoms with Gasteiger partial charge in [0.1, 0.15) is 17.9 Å². The summed E-state index contributed by atoms with van der Waals surface area (Å²) < 4.78 is 6.25. The lowest BCUT2D eigenvalue weighted by atomic mass is 9.95. The van der Waals surface area contributed by atoms with Gasteiger partial charge in [0.25, 0.3) is 5.56 Å². The molecule has 1 aliphatic carbocycles. The average Bonchev–Trinajstić information content (AvgIpc) is 3.40. The number of piperidine rings is 1. The first-order valence-electron chi connectivity index (χ1n) is 11.6. The summed E-state index contributed by atoms with van der Waals surface area (Å²) >= 11 is 0. The van der Waals surface area contributed by atoms with Gasteiger partial charge in [0.05, 0.1) is 10.9 Å². The van der Waals surface area contributed by atoms with E-state index in [9.17, 15) is 4.79 Å². The van der Waals surface area contributed by atoms with Gasteiger partial charge < -0.3 is 14.6 Å². The van der Waals surface area contributed by atoms with Gasteiger partial charge in [0.2, 0.25) is 0 Å². The molecule has 160 valence electrons. The summed E-state index contributed by atoms with van der Waals surface area (Å²) in [5, 5.41) is 0.853. The quantitative estimate of drug-likeness (QED) is 0.837. The summed E-state index contributed by atoms with van der Waals surface area (Å²) in [6.45, 7) is 6.92. The van der Waals surface area contributed by atoms with E-state index in [1.807, 2.05) is 13.0 Å². The fourth-order valence-electron chi connectivity index (χ4n) is 6.58. The molecule has 2 aromatic heterocycles. The Morgan fingerprint density at radius 2 is 1.90 bits per heavy atom. The van der Waals surface area contributed by atoms with Crippen LogP contribution in [0.1, 0.15) is 50.6 Å². The predicted octanol–water partition coefficient (Wildman–Crippen LogP) is 2.87. The molecule has 0 radical (unpaired) electrons. The second-order valence-corrected chi connectivity index (χ2v) is 10.0. The molecule has 2 unspecified atom stereocenters. The normalized spacial score (nSPS) is 27.7. The molecular formula is C23H31N5O2. The Labute approximate surface area is 176 Å². The van der Waals surface area contributed by atoms with Gasteiger partial charge in [-0.2, -0.15) is 9.97 Å². The highest BCUT2D eigenvalue weighted by Gasteiger charge is 2.45. The van der Waals surface area contributed by atoms with Crippen LogP contribution in [0.4, 0.5) is 5.82 Å². The van der Waals surface area contributed by atoms with E-state index < -0.39 is 0 Å². The maximum atomic E-state index is 12.7. The Balaban J connectivity index is 1.37. The van der Waals surface area contributed by atoms with Gasteiger partial charge >= 0.3 is 6.01 Å². The van der Waals surface area contributed by atoms with Crippen LogP contribution in [0.3, 0.4) is 0 Å². The lowest BCUT2D eigenvalue weighted by molar-refractivity contribution is 0.108. The molecule has 1 saturated carbocycles. The number of anilines is 1. The topological polar surface area (TPSA) is 74.3 Å². The highest BCUT2D eigenvalue weighted by atomic mass is 16.5. The number of ether oxygens (including phenoxy) is 1.